The first-order valence-electron chi connectivity index (χ1n) is 7.03. The molecule has 2 aromatic rings. The lowest BCUT2D eigenvalue weighted by Gasteiger charge is -2.36. The number of amides is 1. The van der Waals surface area contributed by atoms with Gasteiger partial charge in [0.05, 0.1) is 5.69 Å². The number of aromatic nitrogens is 1. The maximum absolute atomic E-state index is 12.1. The van der Waals surface area contributed by atoms with Crippen LogP contribution in [-0.4, -0.2) is 16.9 Å². The smallest absolute Gasteiger partial charge is 0.289 e. The molecule has 0 unspecified atom stereocenters. The van der Waals surface area contributed by atoms with Crippen molar-refractivity contribution in [3.8, 4) is 0 Å². The van der Waals surface area contributed by atoms with Gasteiger partial charge in [0.25, 0.3) is 5.91 Å². The molecule has 5 heteroatoms. The summed E-state index contributed by atoms with van der Waals surface area (Å²) in [5.41, 5.74) is 1.98. The second-order valence-corrected chi connectivity index (χ2v) is 6.45. The Balaban J connectivity index is 1.56. The number of hydrogen-bond donors (Lipinski definition) is 1. The summed E-state index contributed by atoms with van der Waals surface area (Å²) in [5, 5.41) is 3.02. The van der Waals surface area contributed by atoms with Gasteiger partial charge in [-0.3, -0.25) is 4.79 Å². The van der Waals surface area contributed by atoms with E-state index in [1.165, 1.54) is 5.56 Å². The van der Waals surface area contributed by atoms with Gasteiger partial charge in [-0.25, -0.2) is 4.98 Å². The number of carbonyl (C=O) groups excluding carboxylic acids is 1. The minimum atomic E-state index is -0.160. The maximum atomic E-state index is 12.1. The Hall–Kier alpha value is -1.62. The standard InChI is InChI=1S/C16H17BrN2O2/c1-9-15(21-10(2)18-9)16(20)19-14-7-12(8-14)11-3-5-13(17)6-4-11/h3-6,12,14H,7-8H2,1-2H3,(H,19,20). The van der Waals surface area contributed by atoms with Crippen LogP contribution < -0.4 is 5.32 Å². The molecule has 0 saturated heterocycles. The van der Waals surface area contributed by atoms with E-state index >= 15 is 0 Å². The van der Waals surface area contributed by atoms with Crippen molar-refractivity contribution in [3.63, 3.8) is 0 Å². The van der Waals surface area contributed by atoms with E-state index in [0.717, 1.165) is 17.3 Å². The van der Waals surface area contributed by atoms with Crippen molar-refractivity contribution >= 4 is 21.8 Å². The number of carbonyl (C=O) groups is 1. The molecule has 21 heavy (non-hydrogen) atoms. The fraction of sp³-hybridized carbons (Fsp3) is 0.375. The predicted octanol–water partition coefficient (Wildman–Crippen LogP) is 3.73. The third-order valence-electron chi connectivity index (χ3n) is 3.92. The highest BCUT2D eigenvalue weighted by molar-refractivity contribution is 9.10. The average molecular weight is 349 g/mol. The van der Waals surface area contributed by atoms with E-state index in [0.29, 0.717) is 23.3 Å². The molecule has 1 aliphatic carbocycles. The van der Waals surface area contributed by atoms with E-state index < -0.39 is 0 Å². The predicted molar refractivity (Wildman–Crippen MR) is 83.3 cm³/mol. The third kappa shape index (κ3) is 3.02. The Morgan fingerprint density at radius 1 is 1.29 bits per heavy atom. The molecule has 0 radical (unpaired) electrons. The molecule has 1 heterocycles. The van der Waals surface area contributed by atoms with Crippen molar-refractivity contribution in [2.24, 2.45) is 0 Å². The van der Waals surface area contributed by atoms with E-state index in [1.807, 2.05) is 0 Å². The van der Waals surface area contributed by atoms with Gasteiger partial charge >= 0.3 is 0 Å². The van der Waals surface area contributed by atoms with Gasteiger partial charge in [-0.05, 0) is 43.4 Å². The van der Waals surface area contributed by atoms with E-state index in [2.05, 4.69) is 50.5 Å². The van der Waals surface area contributed by atoms with Crippen molar-refractivity contribution in [1.29, 1.82) is 0 Å². The number of halogens is 1. The molecule has 1 amide bonds. The molecule has 0 bridgehead atoms. The average Bonchev–Trinajstić information content (AvgIpc) is 2.74. The van der Waals surface area contributed by atoms with Crippen molar-refractivity contribution in [3.05, 3.63) is 51.6 Å². The highest BCUT2D eigenvalue weighted by atomic mass is 79.9. The van der Waals surface area contributed by atoms with Crippen LogP contribution >= 0.6 is 15.9 Å². The Bertz CT molecular complexity index is 657. The molecule has 1 N–H and O–H groups in total. The summed E-state index contributed by atoms with van der Waals surface area (Å²) in [5.74, 6) is 1.23. The van der Waals surface area contributed by atoms with E-state index in [1.54, 1.807) is 13.8 Å². The van der Waals surface area contributed by atoms with Crippen molar-refractivity contribution in [2.45, 2.75) is 38.6 Å². The Kier molecular flexibility index (Phi) is 3.85. The molecule has 1 aromatic heterocycles. The lowest BCUT2D eigenvalue weighted by molar-refractivity contribution is 0.0878. The van der Waals surface area contributed by atoms with Gasteiger partial charge in [0, 0.05) is 17.4 Å². The summed E-state index contributed by atoms with van der Waals surface area (Å²) >= 11 is 3.44. The Morgan fingerprint density at radius 3 is 2.52 bits per heavy atom. The number of aryl methyl sites for hydroxylation is 2. The van der Waals surface area contributed by atoms with Crippen LogP contribution in [0.4, 0.5) is 0 Å². The summed E-state index contributed by atoms with van der Waals surface area (Å²) in [6, 6.07) is 8.60. The fourth-order valence-corrected chi connectivity index (χ4v) is 3.00. The van der Waals surface area contributed by atoms with E-state index in [4.69, 9.17) is 4.42 Å². The normalized spacial score (nSPS) is 20.9. The third-order valence-corrected chi connectivity index (χ3v) is 4.45. The Labute approximate surface area is 132 Å². The highest BCUT2D eigenvalue weighted by Crippen LogP contribution is 2.37. The van der Waals surface area contributed by atoms with Gasteiger partial charge in [0.15, 0.2) is 5.89 Å². The molecule has 1 aliphatic rings. The fourth-order valence-electron chi connectivity index (χ4n) is 2.74. The SMILES string of the molecule is Cc1nc(C)c(C(=O)NC2CC(c3ccc(Br)cc3)C2)o1. The van der Waals surface area contributed by atoms with Gasteiger partial charge < -0.3 is 9.73 Å². The van der Waals surface area contributed by atoms with Crippen molar-refractivity contribution in [2.75, 3.05) is 0 Å². The summed E-state index contributed by atoms with van der Waals surface area (Å²) in [7, 11) is 0. The van der Waals surface area contributed by atoms with Gasteiger partial charge in [-0.2, -0.15) is 0 Å². The van der Waals surface area contributed by atoms with Crippen LogP contribution in [0.25, 0.3) is 0 Å². The summed E-state index contributed by atoms with van der Waals surface area (Å²) in [6.45, 7) is 3.54. The molecule has 3 rings (SSSR count). The van der Waals surface area contributed by atoms with Crippen molar-refractivity contribution in [1.82, 2.24) is 10.3 Å². The molecular formula is C16H17BrN2O2. The summed E-state index contributed by atoms with van der Waals surface area (Å²) < 4.78 is 6.43. The minimum Gasteiger partial charge on any atom is -0.436 e. The minimum absolute atomic E-state index is 0.160. The zero-order valence-corrected chi connectivity index (χ0v) is 13.6. The topological polar surface area (TPSA) is 55.1 Å². The zero-order chi connectivity index (χ0) is 15.0. The molecule has 1 fully saturated rings. The molecule has 0 atom stereocenters. The van der Waals surface area contributed by atoms with Crippen molar-refractivity contribution < 1.29 is 9.21 Å². The number of benzene rings is 1. The molecule has 0 spiro atoms. The van der Waals surface area contributed by atoms with Crippen LogP contribution in [0.5, 0.6) is 0 Å². The van der Waals surface area contributed by atoms with E-state index in [-0.39, 0.29) is 11.9 Å². The first-order chi connectivity index (χ1) is 10.0. The van der Waals surface area contributed by atoms with Crippen LogP contribution in [0.2, 0.25) is 0 Å². The van der Waals surface area contributed by atoms with Gasteiger partial charge in [-0.1, -0.05) is 28.1 Å². The molecule has 110 valence electrons. The maximum Gasteiger partial charge on any atom is 0.289 e. The largest absolute Gasteiger partial charge is 0.436 e. The summed E-state index contributed by atoms with van der Waals surface area (Å²) in [6.07, 6.45) is 1.94. The number of nitrogens with one attached hydrogen (secondary N) is 1. The van der Waals surface area contributed by atoms with E-state index in [9.17, 15) is 4.79 Å². The lowest BCUT2D eigenvalue weighted by atomic mass is 9.76. The second kappa shape index (κ2) is 5.64. The van der Waals surface area contributed by atoms with Gasteiger partial charge in [-0.15, -0.1) is 0 Å². The molecule has 4 nitrogen and oxygen atoms in total. The first-order valence-corrected chi connectivity index (χ1v) is 7.82. The molecule has 1 saturated carbocycles. The summed E-state index contributed by atoms with van der Waals surface area (Å²) in [4.78, 5) is 16.2. The number of hydrogen-bond acceptors (Lipinski definition) is 3. The zero-order valence-electron chi connectivity index (χ0n) is 12.0. The highest BCUT2D eigenvalue weighted by Gasteiger charge is 2.32. The quantitative estimate of drug-likeness (QED) is 0.919. The lowest BCUT2D eigenvalue weighted by Crippen LogP contribution is -2.43. The van der Waals surface area contributed by atoms with Gasteiger partial charge in [0.2, 0.25) is 5.76 Å². The molecule has 1 aromatic carbocycles. The number of oxazole rings is 1. The molecular weight excluding hydrogens is 332 g/mol. The monoisotopic (exact) mass is 348 g/mol. The first kappa shape index (κ1) is 14.3. The van der Waals surface area contributed by atoms with Crippen LogP contribution in [-0.2, 0) is 0 Å². The number of nitrogens with zero attached hydrogens (tertiary/aromatic N) is 1. The number of rotatable bonds is 3. The van der Waals surface area contributed by atoms with Crippen LogP contribution in [0.15, 0.2) is 33.2 Å². The Morgan fingerprint density at radius 2 is 1.95 bits per heavy atom. The van der Waals surface area contributed by atoms with Crippen LogP contribution in [0.1, 0.15) is 46.5 Å². The van der Waals surface area contributed by atoms with Gasteiger partial charge in [0.1, 0.15) is 0 Å². The van der Waals surface area contributed by atoms with Crippen LogP contribution in [0, 0.1) is 13.8 Å². The molecule has 0 aliphatic heterocycles. The van der Waals surface area contributed by atoms with Crippen LogP contribution in [0.3, 0.4) is 0 Å². The second-order valence-electron chi connectivity index (χ2n) is 5.54.